The summed E-state index contributed by atoms with van der Waals surface area (Å²) in [5, 5.41) is 28.4. The Bertz CT molecular complexity index is 402. The lowest BCUT2D eigenvalue weighted by Crippen LogP contribution is -2.28. The molecular weight excluding hydrogens is 332 g/mol. The Kier molecular flexibility index (Phi) is 10.4. The van der Waals surface area contributed by atoms with Gasteiger partial charge in [0.1, 0.15) is 0 Å². The van der Waals surface area contributed by atoms with Gasteiger partial charge in [0.2, 0.25) is 0 Å². The fraction of sp³-hybridized carbons (Fsp3) is 0.905. The van der Waals surface area contributed by atoms with Crippen LogP contribution in [0.1, 0.15) is 92.9 Å². The SMILES string of the molecule is CC(C(=O)O)C(C)(C)CCCCC(O)CCCCC(C)(C)C(C)C(=O)O. The molecule has 0 rings (SSSR count). The van der Waals surface area contributed by atoms with E-state index in [1.165, 1.54) is 0 Å². The highest BCUT2D eigenvalue weighted by atomic mass is 16.4. The summed E-state index contributed by atoms with van der Waals surface area (Å²) in [6.07, 6.45) is 6.49. The van der Waals surface area contributed by atoms with Crippen molar-refractivity contribution in [2.45, 2.75) is 99.0 Å². The summed E-state index contributed by atoms with van der Waals surface area (Å²) in [6, 6.07) is 0. The highest BCUT2D eigenvalue weighted by Crippen LogP contribution is 2.34. The third-order valence-electron chi connectivity index (χ3n) is 6.30. The van der Waals surface area contributed by atoms with Gasteiger partial charge in [-0.1, -0.05) is 67.2 Å². The second kappa shape index (κ2) is 10.9. The molecule has 26 heavy (non-hydrogen) atoms. The standard InChI is InChI=1S/C21H40O5/c1-15(18(23)24)20(3,4)13-9-7-11-17(22)12-8-10-14-21(5,6)16(2)19(25)26/h15-17,22H,7-14H2,1-6H3,(H,23,24)(H,25,26). The summed E-state index contributed by atoms with van der Waals surface area (Å²) in [7, 11) is 0. The van der Waals surface area contributed by atoms with Crippen molar-refractivity contribution in [3.63, 3.8) is 0 Å². The summed E-state index contributed by atoms with van der Waals surface area (Å²) in [5.41, 5.74) is -0.466. The van der Waals surface area contributed by atoms with Crippen molar-refractivity contribution >= 4 is 11.9 Å². The van der Waals surface area contributed by atoms with Gasteiger partial charge in [0, 0.05) is 0 Å². The minimum absolute atomic E-state index is 0.233. The van der Waals surface area contributed by atoms with Gasteiger partial charge in [-0.2, -0.15) is 0 Å². The van der Waals surface area contributed by atoms with Crippen molar-refractivity contribution in [1.29, 1.82) is 0 Å². The molecule has 0 saturated heterocycles. The lowest BCUT2D eigenvalue weighted by molar-refractivity contribution is -0.146. The second-order valence-electron chi connectivity index (χ2n) is 9.24. The van der Waals surface area contributed by atoms with E-state index in [1.807, 2.05) is 27.7 Å². The largest absolute Gasteiger partial charge is 0.481 e. The number of carbonyl (C=O) groups is 2. The molecule has 154 valence electrons. The summed E-state index contributed by atoms with van der Waals surface area (Å²) in [6.45, 7) is 11.5. The molecule has 0 aromatic rings. The second-order valence-corrected chi connectivity index (χ2v) is 9.24. The summed E-state index contributed by atoms with van der Waals surface area (Å²) >= 11 is 0. The smallest absolute Gasteiger partial charge is 0.306 e. The average Bonchev–Trinajstić information content (AvgIpc) is 2.53. The number of hydrogen-bond acceptors (Lipinski definition) is 3. The molecule has 5 heteroatoms. The van der Waals surface area contributed by atoms with Crippen LogP contribution in [0.25, 0.3) is 0 Å². The molecule has 0 heterocycles. The van der Waals surface area contributed by atoms with Crippen LogP contribution in [0, 0.1) is 22.7 Å². The molecule has 0 fully saturated rings. The molecule has 5 nitrogen and oxygen atoms in total. The van der Waals surface area contributed by atoms with Gasteiger partial charge < -0.3 is 15.3 Å². The predicted octanol–water partition coefficient (Wildman–Crippen LogP) is 4.96. The molecular formula is C21H40O5. The van der Waals surface area contributed by atoms with E-state index in [-0.39, 0.29) is 28.8 Å². The summed E-state index contributed by atoms with van der Waals surface area (Å²) in [5.74, 6) is -2.25. The Morgan fingerprint density at radius 3 is 1.31 bits per heavy atom. The van der Waals surface area contributed by atoms with Crippen molar-refractivity contribution < 1.29 is 24.9 Å². The van der Waals surface area contributed by atoms with Crippen LogP contribution in [0.15, 0.2) is 0 Å². The first-order valence-electron chi connectivity index (χ1n) is 9.95. The van der Waals surface area contributed by atoms with Gasteiger partial charge in [0.05, 0.1) is 17.9 Å². The quantitative estimate of drug-likeness (QED) is 0.375. The number of aliphatic carboxylic acids is 2. The zero-order valence-electron chi connectivity index (χ0n) is 17.5. The molecule has 2 unspecified atom stereocenters. The van der Waals surface area contributed by atoms with Crippen LogP contribution in [-0.4, -0.2) is 33.4 Å². The zero-order chi connectivity index (χ0) is 20.5. The van der Waals surface area contributed by atoms with Gasteiger partial charge in [-0.3, -0.25) is 9.59 Å². The van der Waals surface area contributed by atoms with Gasteiger partial charge >= 0.3 is 11.9 Å². The summed E-state index contributed by atoms with van der Waals surface area (Å²) < 4.78 is 0. The van der Waals surface area contributed by atoms with Crippen LogP contribution in [0.2, 0.25) is 0 Å². The van der Waals surface area contributed by atoms with E-state index in [0.717, 1.165) is 51.4 Å². The van der Waals surface area contributed by atoms with Gasteiger partial charge in [-0.05, 0) is 36.5 Å². The van der Waals surface area contributed by atoms with Crippen LogP contribution >= 0.6 is 0 Å². The van der Waals surface area contributed by atoms with Crippen molar-refractivity contribution in [3.05, 3.63) is 0 Å². The minimum Gasteiger partial charge on any atom is -0.481 e. The van der Waals surface area contributed by atoms with Gasteiger partial charge in [-0.15, -0.1) is 0 Å². The molecule has 0 saturated carbocycles. The van der Waals surface area contributed by atoms with E-state index in [2.05, 4.69) is 0 Å². The Balaban J connectivity index is 3.96. The van der Waals surface area contributed by atoms with Crippen LogP contribution < -0.4 is 0 Å². The molecule has 0 aliphatic heterocycles. The first kappa shape index (κ1) is 24.9. The molecule has 0 aliphatic rings. The molecule has 0 radical (unpaired) electrons. The average molecular weight is 373 g/mol. The van der Waals surface area contributed by atoms with Gasteiger partial charge in [0.15, 0.2) is 0 Å². The number of carboxylic acids is 2. The minimum atomic E-state index is -0.754. The van der Waals surface area contributed by atoms with Gasteiger partial charge in [-0.25, -0.2) is 0 Å². The number of aliphatic hydroxyl groups excluding tert-OH is 1. The maximum Gasteiger partial charge on any atom is 0.306 e. The third-order valence-corrected chi connectivity index (χ3v) is 6.30. The molecule has 2 atom stereocenters. The van der Waals surface area contributed by atoms with E-state index in [1.54, 1.807) is 13.8 Å². The molecule has 3 N–H and O–H groups in total. The monoisotopic (exact) mass is 372 g/mol. The van der Waals surface area contributed by atoms with Crippen molar-refractivity contribution in [2.24, 2.45) is 22.7 Å². The lowest BCUT2D eigenvalue weighted by Gasteiger charge is -2.29. The molecule has 0 bridgehead atoms. The summed E-state index contributed by atoms with van der Waals surface area (Å²) in [4.78, 5) is 22.2. The fourth-order valence-corrected chi connectivity index (χ4v) is 3.17. The Hall–Kier alpha value is -1.10. The maximum atomic E-state index is 11.1. The van der Waals surface area contributed by atoms with Crippen LogP contribution in [0.4, 0.5) is 0 Å². The fourth-order valence-electron chi connectivity index (χ4n) is 3.17. The highest BCUT2D eigenvalue weighted by molar-refractivity contribution is 5.70. The van der Waals surface area contributed by atoms with Crippen molar-refractivity contribution in [1.82, 2.24) is 0 Å². The topological polar surface area (TPSA) is 94.8 Å². The first-order valence-corrected chi connectivity index (χ1v) is 9.95. The Labute approximate surface area is 159 Å². The molecule has 0 spiro atoms. The number of aliphatic hydroxyl groups is 1. The molecule has 0 aliphatic carbocycles. The Morgan fingerprint density at radius 2 is 1.04 bits per heavy atom. The maximum absolute atomic E-state index is 11.1. The van der Waals surface area contributed by atoms with Crippen LogP contribution in [0.5, 0.6) is 0 Å². The van der Waals surface area contributed by atoms with Crippen LogP contribution in [0.3, 0.4) is 0 Å². The number of carboxylic acid groups (broad SMARTS) is 2. The Morgan fingerprint density at radius 1 is 0.731 bits per heavy atom. The number of rotatable bonds is 14. The molecule has 0 aromatic carbocycles. The lowest BCUT2D eigenvalue weighted by atomic mass is 9.75. The van der Waals surface area contributed by atoms with Gasteiger partial charge in [0.25, 0.3) is 0 Å². The third kappa shape index (κ3) is 9.02. The predicted molar refractivity (Wildman–Crippen MR) is 104 cm³/mol. The normalized spacial score (nSPS) is 16.1. The van der Waals surface area contributed by atoms with E-state index in [9.17, 15) is 14.7 Å². The number of hydrogen-bond donors (Lipinski definition) is 3. The highest BCUT2D eigenvalue weighted by Gasteiger charge is 2.31. The van der Waals surface area contributed by atoms with E-state index in [0.29, 0.717) is 0 Å². The molecule has 0 amide bonds. The molecule has 0 aromatic heterocycles. The van der Waals surface area contributed by atoms with E-state index < -0.39 is 11.9 Å². The number of unbranched alkanes of at least 4 members (excludes halogenated alkanes) is 2. The van der Waals surface area contributed by atoms with E-state index in [4.69, 9.17) is 10.2 Å². The van der Waals surface area contributed by atoms with Crippen molar-refractivity contribution in [3.8, 4) is 0 Å². The van der Waals surface area contributed by atoms with Crippen LogP contribution in [-0.2, 0) is 9.59 Å². The zero-order valence-corrected chi connectivity index (χ0v) is 17.5. The van der Waals surface area contributed by atoms with Crippen molar-refractivity contribution in [2.75, 3.05) is 0 Å². The first-order chi connectivity index (χ1) is 11.8. The van der Waals surface area contributed by atoms with E-state index >= 15 is 0 Å².